The standard InChI is InChI=1S/C25H29F5N8O4/c1-23(2,25(28,29)30)7-15(34-21(39)20-19(13-4-5-13)35-42-36-20)16-9-38-18(33-16)6-14(8-32-38)17(10-41-3)37-12-24(26,27)11-31-22(37)40/h6,8-9,13,15,17H,4-5,7,10-12H2,1-3H3,(H,31,40)(H,34,39)/t15-,17+/m0/s1. The molecule has 17 heteroatoms. The Kier molecular flexibility index (Phi) is 7.57. The lowest BCUT2D eigenvalue weighted by atomic mass is 9.84. The van der Waals surface area contributed by atoms with Crippen LogP contribution in [0.5, 0.6) is 0 Å². The van der Waals surface area contributed by atoms with Gasteiger partial charge in [0.25, 0.3) is 11.8 Å². The second kappa shape index (κ2) is 10.7. The first-order chi connectivity index (χ1) is 19.7. The van der Waals surface area contributed by atoms with Crippen molar-refractivity contribution in [2.45, 2.75) is 63.2 Å². The van der Waals surface area contributed by atoms with E-state index in [2.05, 4.69) is 31.0 Å². The van der Waals surface area contributed by atoms with E-state index in [-0.39, 0.29) is 29.6 Å². The second-order valence-electron chi connectivity index (χ2n) is 11.3. The molecule has 0 unspecified atom stereocenters. The van der Waals surface area contributed by atoms with Gasteiger partial charge in [-0.1, -0.05) is 19.0 Å². The molecule has 0 aromatic carbocycles. The number of alkyl halides is 5. The number of urea groups is 1. The zero-order valence-electron chi connectivity index (χ0n) is 22.9. The Morgan fingerprint density at radius 2 is 2.02 bits per heavy atom. The van der Waals surface area contributed by atoms with Crippen LogP contribution < -0.4 is 10.6 Å². The van der Waals surface area contributed by atoms with Crippen LogP contribution in [0.1, 0.15) is 78.6 Å². The lowest BCUT2D eigenvalue weighted by Crippen LogP contribution is -2.58. The zero-order valence-corrected chi connectivity index (χ0v) is 22.9. The molecule has 42 heavy (non-hydrogen) atoms. The quantitative estimate of drug-likeness (QED) is 0.335. The molecule has 5 rings (SSSR count). The molecule has 3 aromatic rings. The maximum Gasteiger partial charge on any atom is 0.394 e. The smallest absolute Gasteiger partial charge is 0.382 e. The molecule has 0 spiro atoms. The molecule has 2 N–H and O–H groups in total. The number of imidazole rings is 1. The number of nitrogens with zero attached hydrogens (tertiary/aromatic N) is 6. The molecule has 1 aliphatic carbocycles. The highest BCUT2D eigenvalue weighted by Crippen LogP contribution is 2.44. The Balaban J connectivity index is 1.47. The molecule has 0 bridgehead atoms. The largest absolute Gasteiger partial charge is 0.394 e. The summed E-state index contributed by atoms with van der Waals surface area (Å²) in [6.45, 7) is 0.248. The van der Waals surface area contributed by atoms with Crippen molar-refractivity contribution in [3.05, 3.63) is 41.1 Å². The highest BCUT2D eigenvalue weighted by atomic mass is 19.4. The van der Waals surface area contributed by atoms with Crippen LogP contribution in [0.3, 0.4) is 0 Å². The van der Waals surface area contributed by atoms with E-state index in [1.54, 1.807) is 0 Å². The third-order valence-electron chi connectivity index (χ3n) is 7.44. The topological polar surface area (TPSA) is 140 Å². The van der Waals surface area contributed by atoms with Crippen molar-refractivity contribution in [1.29, 1.82) is 0 Å². The molecule has 2 fully saturated rings. The third kappa shape index (κ3) is 6.00. The fraction of sp³-hybridized carbons (Fsp3) is 0.600. The van der Waals surface area contributed by atoms with Gasteiger partial charge in [-0.25, -0.2) is 27.7 Å². The van der Waals surface area contributed by atoms with Crippen LogP contribution in [0.25, 0.3) is 5.65 Å². The SMILES string of the molecule is COC[C@H](c1cnn2cc([C@H](CC(C)(C)C(F)(F)F)NC(=O)c3nonc3C3CC3)nc2c1)N1CC(F)(F)CNC1=O. The number of carbonyl (C=O) groups excluding carboxylic acids is 2. The normalized spacial score (nSPS) is 19.0. The van der Waals surface area contributed by atoms with E-state index in [4.69, 9.17) is 9.37 Å². The van der Waals surface area contributed by atoms with Crippen LogP contribution in [0.15, 0.2) is 23.1 Å². The molecule has 3 amide bonds. The number of hydrogen-bond acceptors (Lipinski definition) is 8. The summed E-state index contributed by atoms with van der Waals surface area (Å²) in [6.07, 6.45) is -0.886. The summed E-state index contributed by atoms with van der Waals surface area (Å²) in [5.74, 6) is -3.93. The molecule has 3 aromatic heterocycles. The van der Waals surface area contributed by atoms with Crippen molar-refractivity contribution >= 4 is 17.6 Å². The highest BCUT2D eigenvalue weighted by Gasteiger charge is 2.49. The molecular weight excluding hydrogens is 571 g/mol. The maximum atomic E-state index is 14.1. The first kappa shape index (κ1) is 29.6. The number of hydrogen-bond donors (Lipinski definition) is 2. The van der Waals surface area contributed by atoms with E-state index in [1.807, 2.05) is 0 Å². The molecule has 2 aliphatic rings. The van der Waals surface area contributed by atoms with Crippen molar-refractivity contribution in [1.82, 2.24) is 40.4 Å². The number of ether oxygens (including phenoxy) is 1. The van der Waals surface area contributed by atoms with Gasteiger partial charge in [-0.3, -0.25) is 4.79 Å². The van der Waals surface area contributed by atoms with Crippen LogP contribution in [0, 0.1) is 5.41 Å². The van der Waals surface area contributed by atoms with Gasteiger partial charge in [-0.15, -0.1) is 0 Å². The van der Waals surface area contributed by atoms with Crippen LogP contribution >= 0.6 is 0 Å². The van der Waals surface area contributed by atoms with Gasteiger partial charge in [0.15, 0.2) is 11.3 Å². The fourth-order valence-corrected chi connectivity index (χ4v) is 4.78. The van der Waals surface area contributed by atoms with E-state index in [0.717, 1.165) is 31.6 Å². The van der Waals surface area contributed by atoms with Gasteiger partial charge in [0.1, 0.15) is 5.69 Å². The number of carbonyl (C=O) groups is 2. The number of amides is 3. The monoisotopic (exact) mass is 600 g/mol. The Morgan fingerprint density at radius 1 is 1.29 bits per heavy atom. The lowest BCUT2D eigenvalue weighted by molar-refractivity contribution is -0.215. The molecule has 228 valence electrons. The van der Waals surface area contributed by atoms with Crippen molar-refractivity contribution in [3.63, 3.8) is 0 Å². The molecule has 12 nitrogen and oxygen atoms in total. The van der Waals surface area contributed by atoms with E-state index in [0.29, 0.717) is 11.3 Å². The predicted octanol–water partition coefficient (Wildman–Crippen LogP) is 3.79. The summed E-state index contributed by atoms with van der Waals surface area (Å²) in [7, 11) is 1.35. The summed E-state index contributed by atoms with van der Waals surface area (Å²) in [6, 6.07) is -1.43. The average Bonchev–Trinajstić information content (AvgIpc) is 3.46. The summed E-state index contributed by atoms with van der Waals surface area (Å²) in [4.78, 5) is 31.0. The van der Waals surface area contributed by atoms with Gasteiger partial charge in [-0.2, -0.15) is 18.3 Å². The molecule has 0 radical (unpaired) electrons. The van der Waals surface area contributed by atoms with Gasteiger partial charge in [0.05, 0.1) is 55.3 Å². The minimum Gasteiger partial charge on any atom is -0.382 e. The van der Waals surface area contributed by atoms with Gasteiger partial charge in [0, 0.05) is 18.6 Å². The average molecular weight is 601 g/mol. The van der Waals surface area contributed by atoms with E-state index in [9.17, 15) is 31.5 Å². The maximum absolute atomic E-state index is 14.1. The Hall–Kier alpha value is -3.89. The van der Waals surface area contributed by atoms with E-state index >= 15 is 0 Å². The Bertz CT molecular complexity index is 1470. The molecule has 1 saturated heterocycles. The van der Waals surface area contributed by atoms with Crippen molar-refractivity contribution in [2.24, 2.45) is 5.41 Å². The van der Waals surface area contributed by atoms with Gasteiger partial charge >= 0.3 is 12.2 Å². The van der Waals surface area contributed by atoms with Gasteiger partial charge in [0.2, 0.25) is 0 Å². The number of rotatable bonds is 10. The number of methoxy groups -OCH3 is 1. The van der Waals surface area contributed by atoms with Crippen LogP contribution in [-0.4, -0.2) is 80.7 Å². The summed E-state index contributed by atoms with van der Waals surface area (Å²) in [5, 5.41) is 16.4. The predicted molar refractivity (Wildman–Crippen MR) is 134 cm³/mol. The van der Waals surface area contributed by atoms with Crippen LogP contribution in [0.2, 0.25) is 0 Å². The zero-order chi connectivity index (χ0) is 30.4. The van der Waals surface area contributed by atoms with Crippen molar-refractivity contribution < 1.29 is 40.9 Å². The lowest BCUT2D eigenvalue weighted by Gasteiger charge is -2.38. The molecule has 1 saturated carbocycles. The summed E-state index contributed by atoms with van der Waals surface area (Å²) in [5.41, 5.74) is -1.45. The number of aromatic nitrogens is 5. The molecule has 4 heterocycles. The molecule has 1 aliphatic heterocycles. The Morgan fingerprint density at radius 3 is 2.69 bits per heavy atom. The highest BCUT2D eigenvalue weighted by molar-refractivity contribution is 5.93. The van der Waals surface area contributed by atoms with E-state index in [1.165, 1.54) is 30.1 Å². The minimum absolute atomic E-state index is 0.00172. The van der Waals surface area contributed by atoms with Gasteiger partial charge in [-0.05, 0) is 30.5 Å². The Labute approximate surface area is 235 Å². The number of halogens is 5. The first-order valence-electron chi connectivity index (χ1n) is 13.2. The van der Waals surface area contributed by atoms with Crippen molar-refractivity contribution in [2.75, 3.05) is 26.8 Å². The van der Waals surface area contributed by atoms with Crippen LogP contribution in [-0.2, 0) is 4.74 Å². The third-order valence-corrected chi connectivity index (χ3v) is 7.44. The number of fused-ring (bicyclic) bond motifs is 1. The van der Waals surface area contributed by atoms with E-state index < -0.39 is 61.0 Å². The summed E-state index contributed by atoms with van der Waals surface area (Å²) >= 11 is 0. The first-order valence-corrected chi connectivity index (χ1v) is 13.2. The second-order valence-corrected chi connectivity index (χ2v) is 11.3. The van der Waals surface area contributed by atoms with Crippen molar-refractivity contribution in [3.8, 4) is 0 Å². The van der Waals surface area contributed by atoms with Crippen LogP contribution in [0.4, 0.5) is 26.7 Å². The fourth-order valence-electron chi connectivity index (χ4n) is 4.78. The minimum atomic E-state index is -4.60. The molecular formula is C25H29F5N8O4. The van der Waals surface area contributed by atoms with Gasteiger partial charge < -0.3 is 20.3 Å². The summed E-state index contributed by atoms with van der Waals surface area (Å²) < 4.78 is 81.1. The molecule has 2 atom stereocenters. The number of nitrogens with one attached hydrogen (secondary N) is 2.